The van der Waals surface area contributed by atoms with Gasteiger partial charge in [0.25, 0.3) is 0 Å². The molecule has 0 spiro atoms. The Kier molecular flexibility index (Phi) is 4.56. The maximum atomic E-state index is 13.6. The van der Waals surface area contributed by atoms with Gasteiger partial charge in [-0.05, 0) is 23.0 Å². The van der Waals surface area contributed by atoms with Crippen LogP contribution in [-0.4, -0.2) is 29.2 Å². The average Bonchev–Trinajstić information content (AvgIpc) is 2.94. The summed E-state index contributed by atoms with van der Waals surface area (Å²) >= 11 is 0. The first-order valence-corrected chi connectivity index (χ1v) is 8.68. The molecule has 0 bridgehead atoms. The third kappa shape index (κ3) is 3.83. The van der Waals surface area contributed by atoms with E-state index < -0.39 is 17.3 Å². The fourth-order valence-electron chi connectivity index (χ4n) is 4.02. The molecule has 0 radical (unpaired) electrons. The summed E-state index contributed by atoms with van der Waals surface area (Å²) in [6, 6.07) is 7.86. The molecule has 1 aliphatic carbocycles. The van der Waals surface area contributed by atoms with Crippen LogP contribution in [0.2, 0.25) is 0 Å². The van der Waals surface area contributed by atoms with E-state index in [1.165, 1.54) is 0 Å². The topological polar surface area (TPSA) is 49.4 Å². The molecule has 2 amide bonds. The first kappa shape index (κ1) is 17.8. The molecule has 4 nitrogen and oxygen atoms in total. The number of benzene rings is 1. The highest BCUT2D eigenvalue weighted by Gasteiger charge is 2.48. The van der Waals surface area contributed by atoms with Crippen LogP contribution in [0.5, 0.6) is 0 Å². The molecule has 1 saturated carbocycles. The van der Waals surface area contributed by atoms with Crippen molar-refractivity contribution in [1.82, 2.24) is 10.2 Å². The molecule has 1 aromatic carbocycles. The van der Waals surface area contributed by atoms with Gasteiger partial charge in [-0.1, -0.05) is 38.1 Å². The molecule has 1 atom stereocenters. The normalized spacial score (nSPS) is 23.8. The zero-order valence-corrected chi connectivity index (χ0v) is 14.6. The first-order chi connectivity index (χ1) is 11.7. The number of amides is 2. The van der Waals surface area contributed by atoms with Crippen molar-refractivity contribution in [3.63, 3.8) is 0 Å². The minimum atomic E-state index is -2.71. The lowest BCUT2D eigenvalue weighted by Crippen LogP contribution is -2.48. The Labute approximate surface area is 146 Å². The van der Waals surface area contributed by atoms with Crippen LogP contribution in [0.25, 0.3) is 0 Å². The van der Waals surface area contributed by atoms with Crippen LogP contribution in [0.15, 0.2) is 24.3 Å². The van der Waals surface area contributed by atoms with Crippen molar-refractivity contribution in [1.29, 1.82) is 0 Å². The number of halogens is 2. The lowest BCUT2D eigenvalue weighted by molar-refractivity contribution is -0.143. The number of alkyl halides is 2. The maximum Gasteiger partial charge on any atom is 0.248 e. The van der Waals surface area contributed by atoms with Gasteiger partial charge in [0.15, 0.2) is 0 Å². The highest BCUT2D eigenvalue weighted by molar-refractivity contribution is 5.86. The molecule has 1 aliphatic heterocycles. The molecule has 3 rings (SSSR count). The van der Waals surface area contributed by atoms with E-state index in [0.717, 1.165) is 11.1 Å². The van der Waals surface area contributed by atoms with Gasteiger partial charge in [0, 0.05) is 31.8 Å². The zero-order valence-electron chi connectivity index (χ0n) is 14.6. The number of fused-ring (bicyclic) bond motifs is 1. The Morgan fingerprint density at radius 3 is 2.36 bits per heavy atom. The smallest absolute Gasteiger partial charge is 0.248 e. The lowest BCUT2D eigenvalue weighted by atomic mass is 9.67. The summed E-state index contributed by atoms with van der Waals surface area (Å²) in [6.07, 6.45) is -0.424. The third-order valence-corrected chi connectivity index (χ3v) is 5.38. The van der Waals surface area contributed by atoms with Gasteiger partial charge in [0.1, 0.15) is 0 Å². The van der Waals surface area contributed by atoms with E-state index in [0.29, 0.717) is 13.1 Å². The van der Waals surface area contributed by atoms with Crippen molar-refractivity contribution in [3.8, 4) is 0 Å². The Balaban J connectivity index is 1.54. The summed E-state index contributed by atoms with van der Waals surface area (Å²) in [5, 5.41) is 2.66. The van der Waals surface area contributed by atoms with Crippen molar-refractivity contribution in [2.75, 3.05) is 6.54 Å². The van der Waals surface area contributed by atoms with E-state index in [9.17, 15) is 18.4 Å². The van der Waals surface area contributed by atoms with Crippen molar-refractivity contribution in [2.45, 2.75) is 52.1 Å². The number of carbonyl (C=O) groups is 2. The van der Waals surface area contributed by atoms with Gasteiger partial charge in [0.05, 0.1) is 6.54 Å². The van der Waals surface area contributed by atoms with Crippen LogP contribution in [0.1, 0.15) is 44.2 Å². The second-order valence-electron chi connectivity index (χ2n) is 7.85. The Hall–Kier alpha value is -1.98. The van der Waals surface area contributed by atoms with Crippen molar-refractivity contribution in [3.05, 3.63) is 35.4 Å². The number of rotatable bonds is 3. The minimum absolute atomic E-state index is 0.0875. The highest BCUT2D eigenvalue weighted by Crippen LogP contribution is 2.47. The molecule has 136 valence electrons. The molecule has 25 heavy (non-hydrogen) atoms. The first-order valence-electron chi connectivity index (χ1n) is 8.68. The number of nitrogens with one attached hydrogen (secondary N) is 1. The molecule has 1 aromatic rings. The predicted octanol–water partition coefficient (Wildman–Crippen LogP) is 3.11. The standard InChI is InChI=1S/C19H24F2N2O2/c1-18(2)12-19(20,21)8-7-15(18)17(25)22-9-16(24)23-10-13-5-3-4-6-14(13)11-23/h3-6,15H,7-12H2,1-2H3,(H,22,25). The number of hydrogen-bond acceptors (Lipinski definition) is 2. The van der Waals surface area contributed by atoms with Gasteiger partial charge in [0.2, 0.25) is 17.7 Å². The zero-order chi connectivity index (χ0) is 18.2. The second-order valence-corrected chi connectivity index (χ2v) is 7.85. The second kappa shape index (κ2) is 6.39. The molecular formula is C19H24F2N2O2. The monoisotopic (exact) mass is 350 g/mol. The van der Waals surface area contributed by atoms with Crippen LogP contribution in [0.3, 0.4) is 0 Å². The predicted molar refractivity (Wildman–Crippen MR) is 89.8 cm³/mol. The van der Waals surface area contributed by atoms with Gasteiger partial charge >= 0.3 is 0 Å². The fraction of sp³-hybridized carbons (Fsp3) is 0.579. The lowest BCUT2D eigenvalue weighted by Gasteiger charge is -2.41. The molecule has 2 aliphatic rings. The van der Waals surface area contributed by atoms with Gasteiger partial charge in [-0.15, -0.1) is 0 Å². The van der Waals surface area contributed by atoms with Gasteiger partial charge in [-0.2, -0.15) is 0 Å². The molecule has 1 fully saturated rings. The van der Waals surface area contributed by atoms with Crippen LogP contribution in [0, 0.1) is 11.3 Å². The summed E-state index contributed by atoms with van der Waals surface area (Å²) in [5.74, 6) is -3.65. The molecular weight excluding hydrogens is 326 g/mol. The molecule has 1 N–H and O–H groups in total. The van der Waals surface area contributed by atoms with Crippen LogP contribution in [0.4, 0.5) is 8.78 Å². The summed E-state index contributed by atoms with van der Waals surface area (Å²) in [6.45, 7) is 4.40. The van der Waals surface area contributed by atoms with Gasteiger partial charge < -0.3 is 10.2 Å². The summed E-state index contributed by atoms with van der Waals surface area (Å²) in [4.78, 5) is 26.5. The number of nitrogens with zero attached hydrogens (tertiary/aromatic N) is 1. The molecule has 6 heteroatoms. The SMILES string of the molecule is CC1(C)CC(F)(F)CCC1C(=O)NCC(=O)N1Cc2ccccc2C1. The van der Waals surface area contributed by atoms with E-state index in [4.69, 9.17) is 0 Å². The third-order valence-electron chi connectivity index (χ3n) is 5.38. The number of carbonyl (C=O) groups excluding carboxylic acids is 2. The van der Waals surface area contributed by atoms with Crippen LogP contribution in [-0.2, 0) is 22.7 Å². The fourth-order valence-corrected chi connectivity index (χ4v) is 4.02. The number of hydrogen-bond donors (Lipinski definition) is 1. The maximum absolute atomic E-state index is 13.6. The van der Waals surface area contributed by atoms with E-state index in [-0.39, 0.29) is 37.6 Å². The van der Waals surface area contributed by atoms with Crippen LogP contribution < -0.4 is 5.32 Å². The Morgan fingerprint density at radius 1 is 1.20 bits per heavy atom. The molecule has 0 aromatic heterocycles. The summed E-state index contributed by atoms with van der Waals surface area (Å²) in [5.41, 5.74) is 1.47. The molecule has 1 heterocycles. The highest BCUT2D eigenvalue weighted by atomic mass is 19.3. The molecule has 0 saturated heterocycles. The van der Waals surface area contributed by atoms with Gasteiger partial charge in [-0.25, -0.2) is 8.78 Å². The van der Waals surface area contributed by atoms with E-state index >= 15 is 0 Å². The van der Waals surface area contributed by atoms with Gasteiger partial charge in [-0.3, -0.25) is 9.59 Å². The average molecular weight is 350 g/mol. The quantitative estimate of drug-likeness (QED) is 0.911. The van der Waals surface area contributed by atoms with Crippen molar-refractivity contribution in [2.24, 2.45) is 11.3 Å². The Morgan fingerprint density at radius 2 is 1.80 bits per heavy atom. The largest absolute Gasteiger partial charge is 0.347 e. The summed E-state index contributed by atoms with van der Waals surface area (Å²) < 4.78 is 27.2. The minimum Gasteiger partial charge on any atom is -0.347 e. The molecule has 1 unspecified atom stereocenters. The van der Waals surface area contributed by atoms with E-state index in [1.54, 1.807) is 18.7 Å². The van der Waals surface area contributed by atoms with E-state index in [1.807, 2.05) is 24.3 Å². The summed E-state index contributed by atoms with van der Waals surface area (Å²) in [7, 11) is 0. The van der Waals surface area contributed by atoms with Crippen molar-refractivity contribution >= 4 is 11.8 Å². The Bertz CT molecular complexity index is 663. The van der Waals surface area contributed by atoms with E-state index in [2.05, 4.69) is 5.32 Å². The van der Waals surface area contributed by atoms with Crippen LogP contribution >= 0.6 is 0 Å². The van der Waals surface area contributed by atoms with Crippen molar-refractivity contribution < 1.29 is 18.4 Å².